The molecule has 1 fully saturated rings. The molecule has 6 heteroatoms. The molecule has 1 saturated heterocycles. The predicted octanol–water partition coefficient (Wildman–Crippen LogP) is 1.80. The molecule has 0 amide bonds. The third-order valence-corrected chi connectivity index (χ3v) is 3.13. The number of halogens is 1. The zero-order valence-electron chi connectivity index (χ0n) is 9.16. The predicted molar refractivity (Wildman–Crippen MR) is 66.2 cm³/mol. The maximum absolute atomic E-state index is 5.66. The van der Waals surface area contributed by atoms with Gasteiger partial charge in [-0.15, -0.1) is 0 Å². The molecular weight excluding hydrogens is 272 g/mol. The summed E-state index contributed by atoms with van der Waals surface area (Å²) >= 11 is 3.30. The van der Waals surface area contributed by atoms with Crippen molar-refractivity contribution in [3.8, 4) is 0 Å². The largest absolute Gasteiger partial charge is 0.383 e. The van der Waals surface area contributed by atoms with Crippen molar-refractivity contribution in [2.45, 2.75) is 25.3 Å². The van der Waals surface area contributed by atoms with E-state index in [4.69, 9.17) is 10.5 Å². The van der Waals surface area contributed by atoms with E-state index >= 15 is 0 Å². The van der Waals surface area contributed by atoms with E-state index in [1.165, 1.54) is 0 Å². The zero-order chi connectivity index (χ0) is 11.6. The number of rotatable bonds is 2. The number of hydrogen-bond acceptors (Lipinski definition) is 5. The van der Waals surface area contributed by atoms with Crippen molar-refractivity contribution in [2.75, 3.05) is 24.3 Å². The first-order valence-corrected chi connectivity index (χ1v) is 6.03. The number of nitrogens with one attached hydrogen (secondary N) is 1. The third kappa shape index (κ3) is 2.82. The Balaban J connectivity index is 2.13. The Bertz CT molecular complexity index is 359. The van der Waals surface area contributed by atoms with Crippen molar-refractivity contribution in [1.29, 1.82) is 0 Å². The van der Waals surface area contributed by atoms with Gasteiger partial charge in [-0.05, 0) is 35.7 Å². The van der Waals surface area contributed by atoms with E-state index in [1.807, 2.05) is 0 Å². The van der Waals surface area contributed by atoms with E-state index in [9.17, 15) is 0 Å². The Morgan fingerprint density at radius 2 is 2.12 bits per heavy atom. The van der Waals surface area contributed by atoms with Gasteiger partial charge in [-0.2, -0.15) is 4.98 Å². The molecule has 0 unspecified atom stereocenters. The second-order valence-corrected chi connectivity index (χ2v) is 5.05. The Labute approximate surface area is 103 Å². The summed E-state index contributed by atoms with van der Waals surface area (Å²) in [6.45, 7) is 3.69. The standard InChI is InChI=1S/C10H15BrN4O/c1-10(2-4-16-5-3-10)15-9-13-7(11)6-8(12)14-9/h6H,2-5H2,1H3,(H3,12,13,14,15). The Hall–Kier alpha value is -0.880. The zero-order valence-corrected chi connectivity index (χ0v) is 10.7. The highest BCUT2D eigenvalue weighted by Crippen LogP contribution is 2.24. The van der Waals surface area contributed by atoms with Gasteiger partial charge in [0.1, 0.15) is 10.4 Å². The van der Waals surface area contributed by atoms with Crippen LogP contribution in [0.1, 0.15) is 19.8 Å². The first-order valence-electron chi connectivity index (χ1n) is 5.23. The SMILES string of the molecule is CC1(Nc2nc(N)cc(Br)n2)CCOCC1. The van der Waals surface area contributed by atoms with Crippen LogP contribution in [0.15, 0.2) is 10.7 Å². The number of ether oxygens (including phenoxy) is 1. The molecule has 1 aromatic heterocycles. The Morgan fingerprint density at radius 3 is 2.75 bits per heavy atom. The molecular formula is C10H15BrN4O. The van der Waals surface area contributed by atoms with Crippen LogP contribution in [0.25, 0.3) is 0 Å². The normalized spacial score (nSPS) is 19.4. The van der Waals surface area contributed by atoms with E-state index in [1.54, 1.807) is 6.07 Å². The molecule has 0 saturated carbocycles. The average molecular weight is 287 g/mol. The summed E-state index contributed by atoms with van der Waals surface area (Å²) < 4.78 is 6.03. The van der Waals surface area contributed by atoms with Crippen LogP contribution in [0, 0.1) is 0 Å². The second-order valence-electron chi connectivity index (χ2n) is 4.24. The Morgan fingerprint density at radius 1 is 1.44 bits per heavy atom. The van der Waals surface area contributed by atoms with Gasteiger partial charge in [-0.3, -0.25) is 0 Å². The monoisotopic (exact) mass is 286 g/mol. The van der Waals surface area contributed by atoms with Gasteiger partial charge < -0.3 is 15.8 Å². The third-order valence-electron chi connectivity index (χ3n) is 2.72. The molecule has 0 spiro atoms. The quantitative estimate of drug-likeness (QED) is 0.811. The highest BCUT2D eigenvalue weighted by atomic mass is 79.9. The van der Waals surface area contributed by atoms with Crippen molar-refractivity contribution in [1.82, 2.24) is 9.97 Å². The minimum atomic E-state index is -0.00845. The Kier molecular flexibility index (Phi) is 3.30. The lowest BCUT2D eigenvalue weighted by Crippen LogP contribution is -2.41. The summed E-state index contributed by atoms with van der Waals surface area (Å²) in [5, 5.41) is 3.33. The lowest BCUT2D eigenvalue weighted by atomic mass is 9.93. The van der Waals surface area contributed by atoms with Crippen molar-refractivity contribution < 1.29 is 4.74 Å². The molecule has 3 N–H and O–H groups in total. The van der Waals surface area contributed by atoms with Crippen LogP contribution >= 0.6 is 15.9 Å². The highest BCUT2D eigenvalue weighted by molar-refractivity contribution is 9.10. The molecule has 0 aromatic carbocycles. The summed E-state index contributed by atoms with van der Waals surface area (Å²) in [5.74, 6) is 1.02. The van der Waals surface area contributed by atoms with E-state index in [-0.39, 0.29) is 5.54 Å². The van der Waals surface area contributed by atoms with Crippen LogP contribution in [0.2, 0.25) is 0 Å². The van der Waals surface area contributed by atoms with Crippen LogP contribution in [-0.2, 0) is 4.74 Å². The van der Waals surface area contributed by atoms with Gasteiger partial charge in [-0.1, -0.05) is 0 Å². The van der Waals surface area contributed by atoms with Gasteiger partial charge in [0.2, 0.25) is 5.95 Å². The topological polar surface area (TPSA) is 73.1 Å². The van der Waals surface area contributed by atoms with Gasteiger partial charge in [0.25, 0.3) is 0 Å². The van der Waals surface area contributed by atoms with Crippen LogP contribution in [0.4, 0.5) is 11.8 Å². The van der Waals surface area contributed by atoms with E-state index in [0.717, 1.165) is 26.1 Å². The molecule has 0 radical (unpaired) electrons. The number of hydrogen-bond donors (Lipinski definition) is 2. The summed E-state index contributed by atoms with van der Waals surface area (Å²) in [7, 11) is 0. The molecule has 1 aliphatic rings. The fourth-order valence-electron chi connectivity index (χ4n) is 1.71. The first kappa shape index (κ1) is 11.6. The molecule has 16 heavy (non-hydrogen) atoms. The highest BCUT2D eigenvalue weighted by Gasteiger charge is 2.27. The van der Waals surface area contributed by atoms with Crippen molar-refractivity contribution in [3.63, 3.8) is 0 Å². The average Bonchev–Trinajstić information content (AvgIpc) is 2.15. The maximum atomic E-state index is 5.66. The van der Waals surface area contributed by atoms with Crippen LogP contribution < -0.4 is 11.1 Å². The number of nitrogens with zero attached hydrogens (tertiary/aromatic N) is 2. The van der Waals surface area contributed by atoms with E-state index in [2.05, 4.69) is 38.1 Å². The molecule has 0 atom stereocenters. The summed E-state index contributed by atoms with van der Waals surface area (Å²) in [5.41, 5.74) is 5.65. The summed E-state index contributed by atoms with van der Waals surface area (Å²) in [6, 6.07) is 1.68. The van der Waals surface area contributed by atoms with Crippen LogP contribution in [0.3, 0.4) is 0 Å². The van der Waals surface area contributed by atoms with Crippen molar-refractivity contribution in [2.24, 2.45) is 0 Å². The second kappa shape index (κ2) is 4.55. The number of anilines is 2. The molecule has 5 nitrogen and oxygen atoms in total. The fraction of sp³-hybridized carbons (Fsp3) is 0.600. The van der Waals surface area contributed by atoms with Crippen LogP contribution in [0.5, 0.6) is 0 Å². The molecule has 0 bridgehead atoms. The van der Waals surface area contributed by atoms with Crippen LogP contribution in [-0.4, -0.2) is 28.7 Å². The van der Waals surface area contributed by atoms with Crippen molar-refractivity contribution >= 4 is 27.7 Å². The lowest BCUT2D eigenvalue weighted by molar-refractivity contribution is 0.0656. The number of nitrogens with two attached hydrogens (primary N) is 1. The van der Waals surface area contributed by atoms with Gasteiger partial charge >= 0.3 is 0 Å². The minimum Gasteiger partial charge on any atom is -0.383 e. The number of nitrogen functional groups attached to an aromatic ring is 1. The smallest absolute Gasteiger partial charge is 0.226 e. The minimum absolute atomic E-state index is 0.00845. The summed E-state index contributed by atoms with van der Waals surface area (Å²) in [4.78, 5) is 8.41. The van der Waals surface area contributed by atoms with Crippen molar-refractivity contribution in [3.05, 3.63) is 10.7 Å². The number of aromatic nitrogens is 2. The lowest BCUT2D eigenvalue weighted by Gasteiger charge is -2.34. The maximum Gasteiger partial charge on any atom is 0.226 e. The molecule has 2 heterocycles. The first-order chi connectivity index (χ1) is 7.57. The van der Waals surface area contributed by atoms with Gasteiger partial charge in [0.05, 0.1) is 0 Å². The van der Waals surface area contributed by atoms with Gasteiger partial charge in [-0.25, -0.2) is 4.98 Å². The molecule has 0 aliphatic carbocycles. The molecule has 1 aliphatic heterocycles. The molecule has 1 aromatic rings. The fourth-order valence-corrected chi connectivity index (χ4v) is 2.11. The molecule has 88 valence electrons. The van der Waals surface area contributed by atoms with E-state index in [0.29, 0.717) is 16.4 Å². The van der Waals surface area contributed by atoms with Gasteiger partial charge in [0, 0.05) is 24.8 Å². The molecule has 2 rings (SSSR count). The van der Waals surface area contributed by atoms with Gasteiger partial charge in [0.15, 0.2) is 0 Å². The van der Waals surface area contributed by atoms with E-state index < -0.39 is 0 Å². The summed E-state index contributed by atoms with van der Waals surface area (Å²) in [6.07, 6.45) is 1.89.